The maximum Gasteiger partial charge on any atom is 0.336 e. The highest BCUT2D eigenvalue weighted by Gasteiger charge is 2.24. The molecule has 1 unspecified atom stereocenters. The second kappa shape index (κ2) is 5.30. The van der Waals surface area contributed by atoms with Gasteiger partial charge in [0.25, 0.3) is 0 Å². The second-order valence-electron chi connectivity index (χ2n) is 4.13. The summed E-state index contributed by atoms with van der Waals surface area (Å²) in [6, 6.07) is 6.25. The van der Waals surface area contributed by atoms with Gasteiger partial charge in [0.15, 0.2) is 0 Å². The standard InChI is InChI=1S/C12H13NO4S/c14-11(13-8-5-6-8)7-18(17)10-4-2-1-3-9(10)12(15)16/h1-4,8H,5-7H2,(H,13,14)(H,15,16). The Labute approximate surface area is 107 Å². The predicted molar refractivity (Wildman–Crippen MR) is 65.8 cm³/mol. The van der Waals surface area contributed by atoms with Gasteiger partial charge in [0.2, 0.25) is 5.91 Å². The zero-order valence-electron chi connectivity index (χ0n) is 9.59. The molecule has 1 aliphatic carbocycles. The molecule has 1 saturated carbocycles. The zero-order chi connectivity index (χ0) is 13.1. The molecule has 1 amide bonds. The lowest BCUT2D eigenvalue weighted by molar-refractivity contribution is -0.118. The summed E-state index contributed by atoms with van der Waals surface area (Å²) in [6.07, 6.45) is 1.92. The fourth-order valence-electron chi connectivity index (χ4n) is 1.54. The Morgan fingerprint density at radius 1 is 1.33 bits per heavy atom. The number of aromatic carboxylic acids is 1. The van der Waals surface area contributed by atoms with E-state index in [2.05, 4.69) is 5.32 Å². The molecule has 2 rings (SSSR count). The maximum atomic E-state index is 12.0. The highest BCUT2D eigenvalue weighted by Crippen LogP contribution is 2.19. The number of hydrogen-bond acceptors (Lipinski definition) is 3. The van der Waals surface area contributed by atoms with Crippen LogP contribution >= 0.6 is 0 Å². The van der Waals surface area contributed by atoms with E-state index in [1.807, 2.05) is 0 Å². The van der Waals surface area contributed by atoms with E-state index < -0.39 is 16.8 Å². The topological polar surface area (TPSA) is 83.5 Å². The minimum atomic E-state index is -1.63. The summed E-state index contributed by atoms with van der Waals surface area (Å²) in [5, 5.41) is 11.7. The SMILES string of the molecule is O=C(CS(=O)c1ccccc1C(=O)O)NC1CC1. The predicted octanol–water partition coefficient (Wildman–Crippen LogP) is 0.771. The van der Waals surface area contributed by atoms with Crippen LogP contribution in [0.4, 0.5) is 0 Å². The van der Waals surface area contributed by atoms with Gasteiger partial charge in [-0.1, -0.05) is 12.1 Å². The van der Waals surface area contributed by atoms with Crippen LogP contribution in [0.5, 0.6) is 0 Å². The van der Waals surface area contributed by atoms with E-state index in [4.69, 9.17) is 5.11 Å². The van der Waals surface area contributed by atoms with Gasteiger partial charge in [-0.2, -0.15) is 0 Å². The molecule has 1 aromatic carbocycles. The molecular weight excluding hydrogens is 254 g/mol. The summed E-state index contributed by atoms with van der Waals surface area (Å²) in [5.41, 5.74) is -0.0185. The van der Waals surface area contributed by atoms with Crippen LogP contribution in [0.1, 0.15) is 23.2 Å². The minimum absolute atomic E-state index is 0.0185. The van der Waals surface area contributed by atoms with Gasteiger partial charge in [-0.05, 0) is 25.0 Å². The van der Waals surface area contributed by atoms with Crippen LogP contribution in [-0.4, -0.2) is 33.0 Å². The summed E-state index contributed by atoms with van der Waals surface area (Å²) < 4.78 is 12.0. The van der Waals surface area contributed by atoms with Gasteiger partial charge in [-0.15, -0.1) is 0 Å². The van der Waals surface area contributed by atoms with E-state index in [1.54, 1.807) is 12.1 Å². The summed E-state index contributed by atoms with van der Waals surface area (Å²) in [7, 11) is -1.63. The number of carbonyl (C=O) groups is 2. The van der Waals surface area contributed by atoms with Crippen LogP contribution in [0.25, 0.3) is 0 Å². The van der Waals surface area contributed by atoms with Crippen molar-refractivity contribution in [1.29, 1.82) is 0 Å². The molecular formula is C12H13NO4S. The minimum Gasteiger partial charge on any atom is -0.478 e. The molecule has 1 aliphatic rings. The van der Waals surface area contributed by atoms with E-state index in [1.165, 1.54) is 12.1 Å². The first kappa shape index (κ1) is 12.8. The van der Waals surface area contributed by atoms with Crippen LogP contribution in [0.15, 0.2) is 29.2 Å². The number of rotatable bonds is 5. The summed E-state index contributed by atoms with van der Waals surface area (Å²) >= 11 is 0. The normalized spacial score (nSPS) is 16.0. The Morgan fingerprint density at radius 3 is 2.61 bits per heavy atom. The van der Waals surface area contributed by atoms with Crippen molar-refractivity contribution in [1.82, 2.24) is 5.32 Å². The van der Waals surface area contributed by atoms with Crippen molar-refractivity contribution in [3.63, 3.8) is 0 Å². The Kier molecular flexibility index (Phi) is 3.76. The lowest BCUT2D eigenvalue weighted by Crippen LogP contribution is -2.30. The van der Waals surface area contributed by atoms with Gasteiger partial charge in [0.1, 0.15) is 5.75 Å². The van der Waals surface area contributed by atoms with E-state index in [0.29, 0.717) is 0 Å². The van der Waals surface area contributed by atoms with Crippen molar-refractivity contribution in [2.75, 3.05) is 5.75 Å². The lowest BCUT2D eigenvalue weighted by atomic mass is 10.2. The Balaban J connectivity index is 2.07. The van der Waals surface area contributed by atoms with Gasteiger partial charge in [0, 0.05) is 6.04 Å². The smallest absolute Gasteiger partial charge is 0.336 e. The molecule has 6 heteroatoms. The zero-order valence-corrected chi connectivity index (χ0v) is 10.4. The van der Waals surface area contributed by atoms with Gasteiger partial charge in [-0.3, -0.25) is 9.00 Å². The Morgan fingerprint density at radius 2 is 2.00 bits per heavy atom. The van der Waals surface area contributed by atoms with Crippen LogP contribution in [0.2, 0.25) is 0 Å². The number of carbonyl (C=O) groups excluding carboxylic acids is 1. The average molecular weight is 267 g/mol. The maximum absolute atomic E-state index is 12.0. The van der Waals surface area contributed by atoms with Crippen LogP contribution < -0.4 is 5.32 Å². The first-order valence-corrected chi connectivity index (χ1v) is 6.90. The third kappa shape index (κ3) is 3.16. The summed E-state index contributed by atoms with van der Waals surface area (Å²) in [6.45, 7) is 0. The molecule has 0 heterocycles. The van der Waals surface area contributed by atoms with E-state index in [-0.39, 0.29) is 28.2 Å². The molecule has 1 aromatic rings. The molecule has 96 valence electrons. The molecule has 0 aliphatic heterocycles. The molecule has 0 radical (unpaired) electrons. The molecule has 1 atom stereocenters. The van der Waals surface area contributed by atoms with Crippen molar-refractivity contribution in [2.24, 2.45) is 0 Å². The van der Waals surface area contributed by atoms with Crippen molar-refractivity contribution in [3.8, 4) is 0 Å². The fraction of sp³-hybridized carbons (Fsp3) is 0.333. The van der Waals surface area contributed by atoms with Gasteiger partial charge >= 0.3 is 5.97 Å². The monoisotopic (exact) mass is 267 g/mol. The van der Waals surface area contributed by atoms with Crippen molar-refractivity contribution < 1.29 is 18.9 Å². The number of nitrogens with one attached hydrogen (secondary N) is 1. The van der Waals surface area contributed by atoms with Crippen molar-refractivity contribution in [3.05, 3.63) is 29.8 Å². The number of amides is 1. The van der Waals surface area contributed by atoms with Crippen LogP contribution in [0.3, 0.4) is 0 Å². The largest absolute Gasteiger partial charge is 0.478 e. The number of hydrogen-bond donors (Lipinski definition) is 2. The quantitative estimate of drug-likeness (QED) is 0.825. The molecule has 2 N–H and O–H groups in total. The second-order valence-corrected chi connectivity index (χ2v) is 5.55. The molecule has 0 spiro atoms. The third-order valence-corrected chi connectivity index (χ3v) is 3.94. The highest BCUT2D eigenvalue weighted by molar-refractivity contribution is 7.85. The van der Waals surface area contributed by atoms with Gasteiger partial charge in [-0.25, -0.2) is 4.79 Å². The lowest BCUT2D eigenvalue weighted by Gasteiger charge is -2.06. The molecule has 1 fully saturated rings. The van der Waals surface area contributed by atoms with E-state index in [9.17, 15) is 13.8 Å². The number of carboxylic acid groups (broad SMARTS) is 1. The van der Waals surface area contributed by atoms with E-state index >= 15 is 0 Å². The van der Waals surface area contributed by atoms with Crippen LogP contribution in [-0.2, 0) is 15.6 Å². The first-order valence-electron chi connectivity index (χ1n) is 5.58. The van der Waals surface area contributed by atoms with Crippen molar-refractivity contribution >= 4 is 22.7 Å². The Hall–Kier alpha value is -1.69. The first-order chi connectivity index (χ1) is 8.58. The summed E-state index contributed by atoms with van der Waals surface area (Å²) in [5.74, 6) is -1.63. The van der Waals surface area contributed by atoms with Crippen LogP contribution in [0, 0.1) is 0 Å². The molecule has 5 nitrogen and oxygen atoms in total. The number of carboxylic acids is 1. The Bertz CT molecular complexity index is 511. The molecule has 0 aromatic heterocycles. The van der Waals surface area contributed by atoms with Crippen molar-refractivity contribution in [2.45, 2.75) is 23.8 Å². The average Bonchev–Trinajstić information content (AvgIpc) is 3.12. The fourth-order valence-corrected chi connectivity index (χ4v) is 2.64. The highest BCUT2D eigenvalue weighted by atomic mass is 32.2. The third-order valence-electron chi connectivity index (χ3n) is 2.57. The van der Waals surface area contributed by atoms with E-state index in [0.717, 1.165) is 12.8 Å². The molecule has 18 heavy (non-hydrogen) atoms. The van der Waals surface area contributed by atoms with Gasteiger partial charge in [0.05, 0.1) is 21.3 Å². The molecule has 0 saturated heterocycles. The summed E-state index contributed by atoms with van der Waals surface area (Å²) in [4.78, 5) is 22.7. The van der Waals surface area contributed by atoms with Gasteiger partial charge < -0.3 is 10.4 Å². The molecule has 0 bridgehead atoms. The number of benzene rings is 1.